The number of aromatic nitrogens is 2. The normalized spacial score (nSPS) is 12.1. The average Bonchev–Trinajstić information content (AvgIpc) is 2.91. The van der Waals surface area contributed by atoms with Crippen LogP contribution in [0.1, 0.15) is 28.7 Å². The Hall–Kier alpha value is -1.86. The molecule has 118 valence electrons. The van der Waals surface area contributed by atoms with Gasteiger partial charge in [-0.3, -0.25) is 4.79 Å². The van der Waals surface area contributed by atoms with Crippen molar-refractivity contribution in [2.24, 2.45) is 0 Å². The highest BCUT2D eigenvalue weighted by Gasteiger charge is 2.15. The highest BCUT2D eigenvalue weighted by atomic mass is 32.2. The smallest absolute Gasteiger partial charge is 0.254 e. The van der Waals surface area contributed by atoms with Gasteiger partial charge in [-0.15, -0.1) is 0 Å². The Morgan fingerprint density at radius 1 is 1.55 bits per heavy atom. The highest BCUT2D eigenvalue weighted by Crippen LogP contribution is 2.24. The van der Waals surface area contributed by atoms with E-state index in [2.05, 4.69) is 15.5 Å². The van der Waals surface area contributed by atoms with Crippen LogP contribution in [0.5, 0.6) is 0 Å². The number of nitrogens with one attached hydrogen (secondary N) is 1. The Morgan fingerprint density at radius 3 is 3.05 bits per heavy atom. The van der Waals surface area contributed by atoms with Gasteiger partial charge in [-0.05, 0) is 26.0 Å². The summed E-state index contributed by atoms with van der Waals surface area (Å²) in [6.45, 7) is 4.20. The van der Waals surface area contributed by atoms with Crippen LogP contribution in [-0.4, -0.2) is 35.8 Å². The minimum absolute atomic E-state index is 0.0613. The van der Waals surface area contributed by atoms with E-state index in [4.69, 9.17) is 9.26 Å². The van der Waals surface area contributed by atoms with Crippen LogP contribution < -0.4 is 5.32 Å². The van der Waals surface area contributed by atoms with Crippen molar-refractivity contribution in [3.05, 3.63) is 41.4 Å². The molecule has 6 nitrogen and oxygen atoms in total. The van der Waals surface area contributed by atoms with Gasteiger partial charge in [0.05, 0.1) is 17.9 Å². The third-order valence-electron chi connectivity index (χ3n) is 2.84. The van der Waals surface area contributed by atoms with Crippen molar-refractivity contribution in [3.8, 4) is 0 Å². The summed E-state index contributed by atoms with van der Waals surface area (Å²) in [4.78, 5) is 16.6. The summed E-state index contributed by atoms with van der Waals surface area (Å²) in [5, 5.41) is 7.50. The molecule has 1 N–H and O–H groups in total. The van der Waals surface area contributed by atoms with E-state index in [1.54, 1.807) is 25.4 Å². The number of methoxy groups -OCH3 is 1. The molecule has 2 heterocycles. The number of aryl methyl sites for hydroxylation is 1. The van der Waals surface area contributed by atoms with Crippen LogP contribution >= 0.6 is 11.8 Å². The van der Waals surface area contributed by atoms with Gasteiger partial charge in [-0.25, -0.2) is 4.98 Å². The maximum atomic E-state index is 12.3. The standard InChI is InChI=1S/C15H19N3O3S/c1-10(8-20-3)17-14(19)13-5-4-6-16-15(13)22-9-12-7-11(2)21-18-12/h4-7,10H,8-9H2,1-3H3,(H,17,19). The van der Waals surface area contributed by atoms with E-state index >= 15 is 0 Å². The summed E-state index contributed by atoms with van der Waals surface area (Å²) in [5.41, 5.74) is 1.38. The van der Waals surface area contributed by atoms with Crippen molar-refractivity contribution < 1.29 is 14.1 Å². The number of hydrogen-bond donors (Lipinski definition) is 1. The van der Waals surface area contributed by atoms with Gasteiger partial charge in [0.25, 0.3) is 5.91 Å². The zero-order chi connectivity index (χ0) is 15.9. The number of thioether (sulfide) groups is 1. The lowest BCUT2D eigenvalue weighted by atomic mass is 10.2. The lowest BCUT2D eigenvalue weighted by molar-refractivity contribution is 0.0902. The van der Waals surface area contributed by atoms with Crippen molar-refractivity contribution in [1.82, 2.24) is 15.5 Å². The summed E-state index contributed by atoms with van der Waals surface area (Å²) in [6.07, 6.45) is 1.67. The molecule has 22 heavy (non-hydrogen) atoms. The molecule has 0 aliphatic heterocycles. The quantitative estimate of drug-likeness (QED) is 0.789. The summed E-state index contributed by atoms with van der Waals surface area (Å²) < 4.78 is 10.1. The summed E-state index contributed by atoms with van der Waals surface area (Å²) >= 11 is 1.46. The first-order chi connectivity index (χ1) is 10.6. The van der Waals surface area contributed by atoms with Crippen molar-refractivity contribution in [3.63, 3.8) is 0 Å². The largest absolute Gasteiger partial charge is 0.383 e. The Labute approximate surface area is 133 Å². The minimum atomic E-state index is -0.156. The van der Waals surface area contributed by atoms with Gasteiger partial charge in [-0.2, -0.15) is 0 Å². The predicted octanol–water partition coefficient (Wildman–Crippen LogP) is 2.44. The number of ether oxygens (including phenoxy) is 1. The van der Waals surface area contributed by atoms with Gasteiger partial charge >= 0.3 is 0 Å². The number of rotatable bonds is 7. The first-order valence-electron chi connectivity index (χ1n) is 6.90. The van der Waals surface area contributed by atoms with Gasteiger partial charge < -0.3 is 14.6 Å². The third-order valence-corrected chi connectivity index (χ3v) is 3.88. The summed E-state index contributed by atoms with van der Waals surface area (Å²) in [6, 6.07) is 5.32. The van der Waals surface area contributed by atoms with E-state index in [1.807, 2.05) is 19.9 Å². The number of nitrogens with zero attached hydrogens (tertiary/aromatic N) is 2. The molecule has 7 heteroatoms. The Kier molecular flexibility index (Phi) is 5.97. The molecule has 1 atom stereocenters. The molecule has 2 aromatic rings. The lowest BCUT2D eigenvalue weighted by Crippen LogP contribution is -2.35. The molecule has 1 unspecified atom stereocenters. The Balaban J connectivity index is 2.04. The van der Waals surface area contributed by atoms with Gasteiger partial charge in [-0.1, -0.05) is 16.9 Å². The van der Waals surface area contributed by atoms with E-state index in [9.17, 15) is 4.79 Å². The fourth-order valence-corrected chi connectivity index (χ4v) is 2.77. The van der Waals surface area contributed by atoms with Crippen LogP contribution in [0.3, 0.4) is 0 Å². The van der Waals surface area contributed by atoms with Gasteiger partial charge in [0, 0.05) is 31.2 Å². The molecule has 0 radical (unpaired) electrons. The molecular weight excluding hydrogens is 302 g/mol. The van der Waals surface area contributed by atoms with Gasteiger partial charge in [0.2, 0.25) is 0 Å². The summed E-state index contributed by atoms with van der Waals surface area (Å²) in [7, 11) is 1.61. The SMILES string of the molecule is COCC(C)NC(=O)c1cccnc1SCc1cc(C)on1. The maximum Gasteiger partial charge on any atom is 0.254 e. The monoisotopic (exact) mass is 321 g/mol. The van der Waals surface area contributed by atoms with Gasteiger partial charge in [0.15, 0.2) is 0 Å². The van der Waals surface area contributed by atoms with Crippen LogP contribution in [0.15, 0.2) is 33.9 Å². The molecule has 2 rings (SSSR count). The molecule has 0 saturated carbocycles. The Morgan fingerprint density at radius 2 is 2.36 bits per heavy atom. The van der Waals surface area contributed by atoms with E-state index in [1.165, 1.54) is 11.8 Å². The van der Waals surface area contributed by atoms with E-state index in [0.717, 1.165) is 11.5 Å². The molecule has 0 bridgehead atoms. The van der Waals surface area contributed by atoms with Crippen molar-refractivity contribution in [2.75, 3.05) is 13.7 Å². The van der Waals surface area contributed by atoms with Crippen LogP contribution in [0, 0.1) is 6.92 Å². The molecule has 2 aromatic heterocycles. The predicted molar refractivity (Wildman–Crippen MR) is 83.8 cm³/mol. The second-order valence-corrected chi connectivity index (χ2v) is 5.87. The zero-order valence-electron chi connectivity index (χ0n) is 12.8. The first-order valence-corrected chi connectivity index (χ1v) is 7.88. The molecule has 0 aliphatic carbocycles. The third kappa shape index (κ3) is 4.57. The first kappa shape index (κ1) is 16.5. The van der Waals surface area contributed by atoms with E-state index in [-0.39, 0.29) is 11.9 Å². The molecule has 1 amide bonds. The van der Waals surface area contributed by atoms with Crippen LogP contribution in [-0.2, 0) is 10.5 Å². The molecule has 0 aromatic carbocycles. The molecule has 0 saturated heterocycles. The van der Waals surface area contributed by atoms with E-state index in [0.29, 0.717) is 22.9 Å². The summed E-state index contributed by atoms with van der Waals surface area (Å²) in [5.74, 6) is 1.21. The Bertz CT molecular complexity index is 630. The number of amides is 1. The number of carbonyl (C=O) groups excluding carboxylic acids is 1. The lowest BCUT2D eigenvalue weighted by Gasteiger charge is -2.14. The average molecular weight is 321 g/mol. The molecule has 0 fully saturated rings. The van der Waals surface area contributed by atoms with Crippen molar-refractivity contribution in [2.45, 2.75) is 30.7 Å². The highest BCUT2D eigenvalue weighted by molar-refractivity contribution is 7.98. The molecule has 0 spiro atoms. The maximum absolute atomic E-state index is 12.3. The van der Waals surface area contributed by atoms with E-state index < -0.39 is 0 Å². The molecule has 0 aliphatic rings. The van der Waals surface area contributed by atoms with Crippen LogP contribution in [0.4, 0.5) is 0 Å². The topological polar surface area (TPSA) is 77.2 Å². The second-order valence-electron chi connectivity index (χ2n) is 4.90. The fourth-order valence-electron chi connectivity index (χ4n) is 1.90. The fraction of sp³-hybridized carbons (Fsp3) is 0.400. The van der Waals surface area contributed by atoms with Gasteiger partial charge in [0.1, 0.15) is 10.8 Å². The number of pyridine rings is 1. The molecular formula is C15H19N3O3S. The minimum Gasteiger partial charge on any atom is -0.383 e. The van der Waals surface area contributed by atoms with Crippen LogP contribution in [0.2, 0.25) is 0 Å². The van der Waals surface area contributed by atoms with Crippen LogP contribution in [0.25, 0.3) is 0 Å². The number of hydrogen-bond acceptors (Lipinski definition) is 6. The zero-order valence-corrected chi connectivity index (χ0v) is 13.6. The number of carbonyl (C=O) groups is 1. The second kappa shape index (κ2) is 7.95. The van der Waals surface area contributed by atoms with Crippen molar-refractivity contribution in [1.29, 1.82) is 0 Å². The van der Waals surface area contributed by atoms with Crippen molar-refractivity contribution >= 4 is 17.7 Å².